The molecule has 2 aromatic rings. The highest BCUT2D eigenvalue weighted by molar-refractivity contribution is 5.95. The molecule has 8 nitrogen and oxygen atoms in total. The molecule has 2 unspecified atom stereocenters. The highest BCUT2D eigenvalue weighted by atomic mass is 16.6. The first-order chi connectivity index (χ1) is 13.7. The third kappa shape index (κ3) is 3.63. The van der Waals surface area contributed by atoms with E-state index < -0.39 is 10.5 Å². The van der Waals surface area contributed by atoms with E-state index in [4.69, 9.17) is 9.47 Å². The highest BCUT2D eigenvalue weighted by Crippen LogP contribution is 2.55. The number of benzene rings is 2. The summed E-state index contributed by atoms with van der Waals surface area (Å²) in [6.07, 6.45) is -0.132. The van der Waals surface area contributed by atoms with Crippen LogP contribution in [0.3, 0.4) is 0 Å². The maximum absolute atomic E-state index is 12.5. The van der Waals surface area contributed by atoms with Crippen LogP contribution in [0.4, 0.5) is 17.1 Å². The monoisotopic (exact) mass is 397 g/mol. The summed E-state index contributed by atoms with van der Waals surface area (Å²) in [4.78, 5) is 25.5. The fourth-order valence-electron chi connectivity index (χ4n) is 3.66. The lowest BCUT2D eigenvalue weighted by molar-refractivity contribution is -0.384. The second-order valence-corrected chi connectivity index (χ2v) is 8.13. The van der Waals surface area contributed by atoms with Crippen LogP contribution >= 0.6 is 0 Å². The number of carbonyl (C=O) groups excluding carboxylic acids is 1. The lowest BCUT2D eigenvalue weighted by Crippen LogP contribution is -2.37. The summed E-state index contributed by atoms with van der Waals surface area (Å²) >= 11 is 0. The topological polar surface area (TPSA) is 97.2 Å². The smallest absolute Gasteiger partial charge is 0.296 e. The Morgan fingerprint density at radius 1 is 1.24 bits per heavy atom. The Morgan fingerprint density at radius 2 is 1.93 bits per heavy atom. The molecule has 2 aliphatic rings. The molecule has 8 heteroatoms. The molecule has 2 aromatic carbocycles. The molecule has 1 N–H and O–H groups in total. The number of nitrogens with zero attached hydrogens (tertiary/aromatic N) is 2. The number of hydrogen-bond acceptors (Lipinski definition) is 6. The predicted molar refractivity (Wildman–Crippen MR) is 109 cm³/mol. The van der Waals surface area contributed by atoms with Gasteiger partial charge in [-0.25, -0.2) is 0 Å². The van der Waals surface area contributed by atoms with Crippen LogP contribution in [-0.4, -0.2) is 36.6 Å². The van der Waals surface area contributed by atoms with Crippen molar-refractivity contribution in [1.82, 2.24) is 0 Å². The van der Waals surface area contributed by atoms with Crippen molar-refractivity contribution in [3.63, 3.8) is 0 Å². The number of fused-ring (bicyclic) bond motifs is 3. The molecule has 152 valence electrons. The number of hydrogen-bond donors (Lipinski definition) is 1. The van der Waals surface area contributed by atoms with E-state index in [0.717, 1.165) is 16.8 Å². The van der Waals surface area contributed by atoms with Gasteiger partial charge in [0.25, 0.3) is 5.69 Å². The summed E-state index contributed by atoms with van der Waals surface area (Å²) in [7, 11) is 3.88. The van der Waals surface area contributed by atoms with E-state index in [1.54, 1.807) is 6.07 Å². The van der Waals surface area contributed by atoms with Gasteiger partial charge in [-0.2, -0.15) is 0 Å². The van der Waals surface area contributed by atoms with Crippen LogP contribution < -0.4 is 15.0 Å². The first-order valence-corrected chi connectivity index (χ1v) is 9.38. The standard InChI is InChI=1S/C21H23N3O5/c1-21(2)20-19(28-20)14-10-15(16(24(26)27)11-17(14)29-21)22-18(25)9-12-5-7-13(8-6-12)23(3)4/h5-8,10-11,19-20H,9H2,1-4H3,(H,22,25). The minimum atomic E-state index is -0.547. The number of nitro benzene ring substituents is 1. The van der Waals surface area contributed by atoms with E-state index in [-0.39, 0.29) is 35.9 Å². The molecule has 0 saturated carbocycles. The molecule has 0 aliphatic carbocycles. The Balaban J connectivity index is 1.56. The fourth-order valence-corrected chi connectivity index (χ4v) is 3.66. The molecule has 0 spiro atoms. The number of nitro groups is 1. The Hall–Kier alpha value is -3.13. The van der Waals surface area contributed by atoms with Gasteiger partial charge in [0.05, 0.1) is 17.4 Å². The number of anilines is 2. The zero-order chi connectivity index (χ0) is 20.9. The van der Waals surface area contributed by atoms with Gasteiger partial charge in [0, 0.05) is 25.3 Å². The minimum absolute atomic E-state index is 0.0878. The van der Waals surface area contributed by atoms with Crippen LogP contribution in [0.15, 0.2) is 36.4 Å². The van der Waals surface area contributed by atoms with Crippen LogP contribution in [0, 0.1) is 10.1 Å². The second kappa shape index (κ2) is 6.73. The van der Waals surface area contributed by atoms with Crippen LogP contribution in [0.25, 0.3) is 0 Å². The molecule has 0 radical (unpaired) electrons. The van der Waals surface area contributed by atoms with Crippen molar-refractivity contribution < 1.29 is 19.2 Å². The van der Waals surface area contributed by atoms with E-state index in [0.29, 0.717) is 5.75 Å². The van der Waals surface area contributed by atoms with Crippen molar-refractivity contribution in [2.75, 3.05) is 24.3 Å². The molecule has 2 heterocycles. The summed E-state index contributed by atoms with van der Waals surface area (Å²) in [6, 6.07) is 10.6. The molecule has 2 atom stereocenters. The summed E-state index contributed by atoms with van der Waals surface area (Å²) in [6.45, 7) is 3.79. The molecule has 1 saturated heterocycles. The van der Waals surface area contributed by atoms with E-state index in [1.165, 1.54) is 6.07 Å². The lowest BCUT2D eigenvalue weighted by Gasteiger charge is -2.29. The van der Waals surface area contributed by atoms with Crippen molar-refractivity contribution in [2.45, 2.75) is 38.1 Å². The van der Waals surface area contributed by atoms with Gasteiger partial charge in [-0.05, 0) is 37.6 Å². The summed E-state index contributed by atoms with van der Waals surface area (Å²) in [5.41, 5.74) is 1.99. The molecule has 0 bridgehead atoms. The Bertz CT molecular complexity index is 985. The third-order valence-corrected chi connectivity index (χ3v) is 5.27. The van der Waals surface area contributed by atoms with Gasteiger partial charge in [-0.15, -0.1) is 0 Å². The fraction of sp³-hybridized carbons (Fsp3) is 0.381. The van der Waals surface area contributed by atoms with Crippen LogP contribution in [0.2, 0.25) is 0 Å². The summed E-state index contributed by atoms with van der Waals surface area (Å²) in [5, 5.41) is 14.3. The molecule has 1 fully saturated rings. The number of rotatable bonds is 5. The Labute approximate surface area is 168 Å². The average Bonchev–Trinajstić information content (AvgIpc) is 3.44. The largest absolute Gasteiger partial charge is 0.484 e. The van der Waals surface area contributed by atoms with E-state index in [1.807, 2.05) is 57.1 Å². The van der Waals surface area contributed by atoms with Crippen LogP contribution in [-0.2, 0) is 16.0 Å². The molecule has 29 heavy (non-hydrogen) atoms. The quantitative estimate of drug-likeness (QED) is 0.471. The summed E-state index contributed by atoms with van der Waals surface area (Å²) in [5.74, 6) is 0.105. The predicted octanol–water partition coefficient (Wildman–Crippen LogP) is 3.45. The van der Waals surface area contributed by atoms with Crippen LogP contribution in [0.1, 0.15) is 31.1 Å². The zero-order valence-electron chi connectivity index (χ0n) is 16.8. The van der Waals surface area contributed by atoms with E-state index >= 15 is 0 Å². The third-order valence-electron chi connectivity index (χ3n) is 5.27. The summed E-state index contributed by atoms with van der Waals surface area (Å²) < 4.78 is 11.6. The molecule has 2 aliphatic heterocycles. The van der Waals surface area contributed by atoms with Gasteiger partial charge in [0.15, 0.2) is 0 Å². The molecular formula is C21H23N3O5. The SMILES string of the molecule is CN(C)c1ccc(CC(=O)Nc2cc3c(cc2[N+](=O)[O-])OC(C)(C)C2OC32)cc1. The van der Waals surface area contributed by atoms with Crippen LogP contribution in [0.5, 0.6) is 5.75 Å². The Kier molecular flexibility index (Phi) is 4.46. The van der Waals surface area contributed by atoms with Crippen molar-refractivity contribution in [2.24, 2.45) is 0 Å². The van der Waals surface area contributed by atoms with Gasteiger partial charge < -0.3 is 19.7 Å². The number of epoxide rings is 1. The van der Waals surface area contributed by atoms with Crippen molar-refractivity contribution >= 4 is 23.0 Å². The minimum Gasteiger partial charge on any atom is -0.484 e. The number of amides is 1. The molecule has 4 rings (SSSR count). The zero-order valence-corrected chi connectivity index (χ0v) is 16.8. The van der Waals surface area contributed by atoms with E-state index in [9.17, 15) is 14.9 Å². The highest BCUT2D eigenvalue weighted by Gasteiger charge is 2.57. The van der Waals surface area contributed by atoms with Crippen molar-refractivity contribution in [1.29, 1.82) is 0 Å². The Morgan fingerprint density at radius 3 is 2.55 bits per heavy atom. The maximum atomic E-state index is 12.5. The lowest BCUT2D eigenvalue weighted by atomic mass is 9.93. The van der Waals surface area contributed by atoms with Crippen molar-refractivity contribution in [3.8, 4) is 5.75 Å². The van der Waals surface area contributed by atoms with Gasteiger partial charge in [0.1, 0.15) is 29.2 Å². The average molecular weight is 397 g/mol. The molecule has 0 aromatic heterocycles. The first kappa shape index (κ1) is 19.2. The second-order valence-electron chi connectivity index (χ2n) is 8.13. The van der Waals surface area contributed by atoms with Gasteiger partial charge in [-0.3, -0.25) is 14.9 Å². The maximum Gasteiger partial charge on any atom is 0.296 e. The van der Waals surface area contributed by atoms with Gasteiger partial charge >= 0.3 is 0 Å². The molecule has 1 amide bonds. The molecular weight excluding hydrogens is 374 g/mol. The van der Waals surface area contributed by atoms with E-state index in [2.05, 4.69) is 5.32 Å². The number of ether oxygens (including phenoxy) is 2. The van der Waals surface area contributed by atoms with Crippen molar-refractivity contribution in [3.05, 3.63) is 57.6 Å². The first-order valence-electron chi connectivity index (χ1n) is 9.38. The van der Waals surface area contributed by atoms with Gasteiger partial charge in [-0.1, -0.05) is 12.1 Å². The number of carbonyl (C=O) groups is 1. The van der Waals surface area contributed by atoms with Gasteiger partial charge in [0.2, 0.25) is 5.91 Å². The normalized spacial score (nSPS) is 20.7. The number of nitrogens with one attached hydrogen (secondary N) is 1.